The van der Waals surface area contributed by atoms with Crippen LogP contribution in [0.2, 0.25) is 0 Å². The smallest absolute Gasteiger partial charge is 0.263 e. The highest BCUT2D eigenvalue weighted by Gasteiger charge is 2.23. The van der Waals surface area contributed by atoms with Crippen LogP contribution in [0.1, 0.15) is 62.8 Å². The van der Waals surface area contributed by atoms with Gasteiger partial charge in [0.1, 0.15) is 10.6 Å². The third-order valence-corrected chi connectivity index (χ3v) is 6.93. The Hall–Kier alpha value is -1.14. The van der Waals surface area contributed by atoms with Crippen molar-refractivity contribution < 1.29 is 4.79 Å². The van der Waals surface area contributed by atoms with Crippen LogP contribution in [0.3, 0.4) is 0 Å². The molecule has 2 aromatic rings. The molecule has 0 bridgehead atoms. The molecule has 25 heavy (non-hydrogen) atoms. The molecule has 0 aromatic carbocycles. The lowest BCUT2D eigenvalue weighted by molar-refractivity contribution is -0.117. The van der Waals surface area contributed by atoms with Gasteiger partial charge in [0.05, 0.1) is 5.39 Å². The highest BCUT2D eigenvalue weighted by Crippen LogP contribution is 2.35. The highest BCUT2D eigenvalue weighted by molar-refractivity contribution is 7.99. The number of ketones is 1. The number of unbranched alkanes of at least 4 members (excludes halogenated alkanes) is 2. The van der Waals surface area contributed by atoms with Gasteiger partial charge in [0.15, 0.2) is 5.16 Å². The van der Waals surface area contributed by atoms with Crippen LogP contribution in [0.4, 0.5) is 0 Å². The number of rotatable bonds is 9. The van der Waals surface area contributed by atoms with E-state index >= 15 is 0 Å². The van der Waals surface area contributed by atoms with Crippen LogP contribution >= 0.6 is 23.1 Å². The Morgan fingerprint density at radius 3 is 2.88 bits per heavy atom. The number of thioether (sulfide) groups is 1. The van der Waals surface area contributed by atoms with Gasteiger partial charge in [0.25, 0.3) is 5.56 Å². The number of fused-ring (bicyclic) bond motifs is 3. The Morgan fingerprint density at radius 2 is 2.12 bits per heavy atom. The second-order valence-corrected chi connectivity index (χ2v) is 8.90. The number of Topliss-reactive ketones (excluding diaryl/α,β-unsaturated/α-hetero) is 1. The number of aryl methyl sites for hydroxylation is 2. The molecule has 1 aliphatic carbocycles. The lowest BCUT2D eigenvalue weighted by Gasteiger charge is -2.12. The van der Waals surface area contributed by atoms with E-state index in [4.69, 9.17) is 4.98 Å². The zero-order chi connectivity index (χ0) is 17.8. The summed E-state index contributed by atoms with van der Waals surface area (Å²) in [7, 11) is 0. The summed E-state index contributed by atoms with van der Waals surface area (Å²) in [4.78, 5) is 31.4. The largest absolute Gasteiger partial charge is 0.300 e. The van der Waals surface area contributed by atoms with Gasteiger partial charge in [-0.05, 0) is 44.6 Å². The molecule has 136 valence electrons. The lowest BCUT2D eigenvalue weighted by atomic mass is 10.2. The molecular formula is C19H26N2O2S2. The van der Waals surface area contributed by atoms with E-state index in [1.54, 1.807) is 30.0 Å². The van der Waals surface area contributed by atoms with Crippen molar-refractivity contribution in [2.45, 2.75) is 76.9 Å². The van der Waals surface area contributed by atoms with Crippen molar-refractivity contribution in [3.8, 4) is 0 Å². The number of nitrogens with zero attached hydrogens (tertiary/aromatic N) is 2. The molecular weight excluding hydrogens is 352 g/mol. The molecule has 0 aliphatic heterocycles. The molecule has 0 amide bonds. The summed E-state index contributed by atoms with van der Waals surface area (Å²) in [6, 6.07) is 0. The van der Waals surface area contributed by atoms with Crippen molar-refractivity contribution in [2.24, 2.45) is 0 Å². The zero-order valence-electron chi connectivity index (χ0n) is 15.1. The first-order valence-corrected chi connectivity index (χ1v) is 11.1. The van der Waals surface area contributed by atoms with Crippen LogP contribution in [0.25, 0.3) is 10.2 Å². The number of carbonyl (C=O) groups excluding carboxylic acids is 1. The summed E-state index contributed by atoms with van der Waals surface area (Å²) >= 11 is 3.33. The molecule has 0 saturated heterocycles. The van der Waals surface area contributed by atoms with Crippen LogP contribution in [0, 0.1) is 0 Å². The molecule has 1 aliphatic rings. The van der Waals surface area contributed by atoms with Crippen LogP contribution in [0.5, 0.6) is 0 Å². The van der Waals surface area contributed by atoms with Crippen LogP contribution in [0.15, 0.2) is 9.95 Å². The zero-order valence-corrected chi connectivity index (χ0v) is 16.7. The van der Waals surface area contributed by atoms with Crippen molar-refractivity contribution in [1.29, 1.82) is 0 Å². The van der Waals surface area contributed by atoms with E-state index in [0.717, 1.165) is 72.6 Å². The maximum Gasteiger partial charge on any atom is 0.263 e. The maximum absolute atomic E-state index is 13.2. The van der Waals surface area contributed by atoms with Crippen LogP contribution < -0.4 is 5.56 Å². The Balaban J connectivity index is 1.91. The summed E-state index contributed by atoms with van der Waals surface area (Å²) in [5, 5.41) is 1.71. The van der Waals surface area contributed by atoms with E-state index in [9.17, 15) is 9.59 Å². The number of aromatic nitrogens is 2. The number of hydrogen-bond acceptors (Lipinski definition) is 5. The first-order valence-electron chi connectivity index (χ1n) is 9.29. The number of carbonyl (C=O) groups is 1. The van der Waals surface area contributed by atoms with Crippen molar-refractivity contribution in [3.05, 3.63) is 20.8 Å². The van der Waals surface area contributed by atoms with E-state index in [1.165, 1.54) is 10.4 Å². The topological polar surface area (TPSA) is 52.0 Å². The quantitative estimate of drug-likeness (QED) is 0.363. The molecule has 0 radical (unpaired) electrons. The Labute approximate surface area is 157 Å². The van der Waals surface area contributed by atoms with Gasteiger partial charge in [-0.15, -0.1) is 11.3 Å². The Kier molecular flexibility index (Phi) is 6.34. The van der Waals surface area contributed by atoms with Crippen LogP contribution in [-0.2, 0) is 24.2 Å². The molecule has 0 saturated carbocycles. The van der Waals surface area contributed by atoms with Crippen molar-refractivity contribution in [3.63, 3.8) is 0 Å². The predicted octanol–water partition coefficient (Wildman–Crippen LogP) is 4.60. The number of thiophene rings is 1. The fraction of sp³-hybridized carbons (Fsp3) is 0.632. The molecule has 0 spiro atoms. The summed E-state index contributed by atoms with van der Waals surface area (Å²) in [5.74, 6) is 1.05. The van der Waals surface area contributed by atoms with Crippen molar-refractivity contribution >= 4 is 39.1 Å². The van der Waals surface area contributed by atoms with Crippen molar-refractivity contribution in [1.82, 2.24) is 9.55 Å². The minimum Gasteiger partial charge on any atom is -0.300 e. The highest BCUT2D eigenvalue weighted by atomic mass is 32.2. The van der Waals surface area contributed by atoms with E-state index < -0.39 is 0 Å². The van der Waals surface area contributed by atoms with Crippen LogP contribution in [-0.4, -0.2) is 21.1 Å². The molecule has 2 heterocycles. The normalized spacial score (nSPS) is 13.5. The predicted molar refractivity (Wildman–Crippen MR) is 106 cm³/mol. The first kappa shape index (κ1) is 18.6. The molecule has 4 nitrogen and oxygen atoms in total. The first-order chi connectivity index (χ1) is 12.1. The third-order valence-electron chi connectivity index (χ3n) is 4.68. The molecule has 0 fully saturated rings. The molecule has 6 heteroatoms. The van der Waals surface area contributed by atoms with Gasteiger partial charge in [-0.1, -0.05) is 31.5 Å². The summed E-state index contributed by atoms with van der Waals surface area (Å²) in [5.41, 5.74) is 1.41. The molecule has 0 unspecified atom stereocenters. The lowest BCUT2D eigenvalue weighted by Crippen LogP contribution is -2.23. The minimum absolute atomic E-state index is 0.148. The molecule has 3 rings (SSSR count). The standard InChI is InChI=1S/C19H26N2O2S2/c1-3-4-5-11-21-18(23)16-14-9-6-10-15(14)25-17(16)20-19(21)24-12-7-8-13(2)22/h3-12H2,1-2H3. The Bertz CT molecular complexity index is 823. The SMILES string of the molecule is CCCCCn1c(SCCCC(C)=O)nc2sc3c(c2c1=O)CCC3. The van der Waals surface area contributed by atoms with Gasteiger partial charge in [-0.3, -0.25) is 9.36 Å². The van der Waals surface area contributed by atoms with E-state index in [1.807, 2.05) is 4.57 Å². The van der Waals surface area contributed by atoms with Gasteiger partial charge < -0.3 is 4.79 Å². The Morgan fingerprint density at radius 1 is 1.28 bits per heavy atom. The van der Waals surface area contributed by atoms with Gasteiger partial charge in [-0.2, -0.15) is 0 Å². The van der Waals surface area contributed by atoms with Gasteiger partial charge in [0, 0.05) is 23.6 Å². The second-order valence-electron chi connectivity index (χ2n) is 6.75. The molecule has 2 aromatic heterocycles. The van der Waals surface area contributed by atoms with Crippen molar-refractivity contribution in [2.75, 3.05) is 5.75 Å². The van der Waals surface area contributed by atoms with Gasteiger partial charge in [-0.25, -0.2) is 4.98 Å². The van der Waals surface area contributed by atoms with E-state index in [-0.39, 0.29) is 11.3 Å². The molecule has 0 N–H and O–H groups in total. The monoisotopic (exact) mass is 378 g/mol. The fourth-order valence-electron chi connectivity index (χ4n) is 3.37. The number of hydrogen-bond donors (Lipinski definition) is 0. The minimum atomic E-state index is 0.148. The summed E-state index contributed by atoms with van der Waals surface area (Å²) in [6.07, 6.45) is 7.98. The third kappa shape index (κ3) is 4.17. The van der Waals surface area contributed by atoms with E-state index in [2.05, 4.69) is 6.92 Å². The average Bonchev–Trinajstić information content (AvgIpc) is 3.14. The summed E-state index contributed by atoms with van der Waals surface area (Å²) < 4.78 is 1.89. The molecule has 0 atom stereocenters. The van der Waals surface area contributed by atoms with Gasteiger partial charge in [0.2, 0.25) is 0 Å². The van der Waals surface area contributed by atoms with E-state index in [0.29, 0.717) is 6.42 Å². The second kappa shape index (κ2) is 8.49. The van der Waals surface area contributed by atoms with Gasteiger partial charge >= 0.3 is 0 Å². The average molecular weight is 379 g/mol. The summed E-state index contributed by atoms with van der Waals surface area (Å²) in [6.45, 7) is 4.55. The fourth-order valence-corrected chi connectivity index (χ4v) is 5.64. The maximum atomic E-state index is 13.2.